The van der Waals surface area contributed by atoms with Crippen molar-refractivity contribution in [2.75, 3.05) is 0 Å². The van der Waals surface area contributed by atoms with E-state index in [4.69, 9.17) is 4.42 Å². The van der Waals surface area contributed by atoms with E-state index in [0.29, 0.717) is 32.1 Å². The maximum Gasteiger partial charge on any atom is 0.273 e. The SMILES string of the molecule is O=C(NCc1ccccc1)c1coc(CN(Cc2ccccc2)Cc2ccc(F)cc2)n1. The second-order valence-corrected chi connectivity index (χ2v) is 7.55. The molecule has 0 unspecified atom stereocenters. The van der Waals surface area contributed by atoms with Gasteiger partial charge in [-0.1, -0.05) is 72.8 Å². The monoisotopic (exact) mass is 429 g/mol. The zero-order valence-electron chi connectivity index (χ0n) is 17.6. The van der Waals surface area contributed by atoms with E-state index in [2.05, 4.69) is 27.3 Å². The number of benzene rings is 3. The number of carbonyl (C=O) groups is 1. The van der Waals surface area contributed by atoms with E-state index in [1.165, 1.54) is 18.4 Å². The molecule has 0 aliphatic heterocycles. The molecular formula is C26H24FN3O2. The van der Waals surface area contributed by atoms with E-state index in [9.17, 15) is 9.18 Å². The van der Waals surface area contributed by atoms with Crippen LogP contribution >= 0.6 is 0 Å². The van der Waals surface area contributed by atoms with Crippen LogP contribution in [0, 0.1) is 5.82 Å². The number of oxazole rings is 1. The second kappa shape index (κ2) is 10.5. The van der Waals surface area contributed by atoms with E-state index < -0.39 is 0 Å². The summed E-state index contributed by atoms with van der Waals surface area (Å²) in [6.07, 6.45) is 1.38. The van der Waals surface area contributed by atoms with Crippen molar-refractivity contribution < 1.29 is 13.6 Å². The molecule has 0 spiro atoms. The summed E-state index contributed by atoms with van der Waals surface area (Å²) in [5.41, 5.74) is 3.38. The van der Waals surface area contributed by atoms with E-state index in [-0.39, 0.29) is 17.4 Å². The molecule has 6 heteroatoms. The van der Waals surface area contributed by atoms with Gasteiger partial charge in [0.1, 0.15) is 12.1 Å². The first-order valence-electron chi connectivity index (χ1n) is 10.4. The van der Waals surface area contributed by atoms with Gasteiger partial charge in [0.15, 0.2) is 5.69 Å². The van der Waals surface area contributed by atoms with Gasteiger partial charge < -0.3 is 9.73 Å². The Kier molecular flexibility index (Phi) is 7.05. The molecule has 1 aromatic heterocycles. The first-order chi connectivity index (χ1) is 15.7. The Morgan fingerprint density at radius 3 is 2.06 bits per heavy atom. The van der Waals surface area contributed by atoms with Crippen molar-refractivity contribution in [3.8, 4) is 0 Å². The number of hydrogen-bond acceptors (Lipinski definition) is 4. The van der Waals surface area contributed by atoms with Crippen LogP contribution in [0.1, 0.15) is 33.1 Å². The summed E-state index contributed by atoms with van der Waals surface area (Å²) in [6, 6.07) is 26.2. The van der Waals surface area contributed by atoms with Gasteiger partial charge in [0.25, 0.3) is 5.91 Å². The molecule has 0 bridgehead atoms. The van der Waals surface area contributed by atoms with Crippen LogP contribution in [0.15, 0.2) is 95.6 Å². The van der Waals surface area contributed by atoms with Crippen LogP contribution in [-0.4, -0.2) is 15.8 Å². The molecule has 0 aliphatic carbocycles. The molecule has 1 heterocycles. The lowest BCUT2D eigenvalue weighted by Crippen LogP contribution is -2.24. The molecule has 0 saturated heterocycles. The second-order valence-electron chi connectivity index (χ2n) is 7.55. The van der Waals surface area contributed by atoms with Crippen molar-refractivity contribution in [3.05, 3.63) is 125 Å². The Bertz CT molecular complexity index is 1130. The number of hydrogen-bond donors (Lipinski definition) is 1. The molecule has 0 saturated carbocycles. The number of nitrogens with one attached hydrogen (secondary N) is 1. The summed E-state index contributed by atoms with van der Waals surface area (Å²) >= 11 is 0. The largest absolute Gasteiger partial charge is 0.447 e. The molecule has 1 N–H and O–H groups in total. The fourth-order valence-electron chi connectivity index (χ4n) is 3.41. The fourth-order valence-corrected chi connectivity index (χ4v) is 3.41. The van der Waals surface area contributed by atoms with Gasteiger partial charge in [-0.2, -0.15) is 0 Å². The predicted molar refractivity (Wildman–Crippen MR) is 120 cm³/mol. The summed E-state index contributed by atoms with van der Waals surface area (Å²) in [4.78, 5) is 19.0. The molecular weight excluding hydrogens is 405 g/mol. The molecule has 0 aliphatic rings. The van der Waals surface area contributed by atoms with Gasteiger partial charge in [-0.05, 0) is 28.8 Å². The minimum Gasteiger partial charge on any atom is -0.447 e. The van der Waals surface area contributed by atoms with Crippen LogP contribution in [0.2, 0.25) is 0 Å². The van der Waals surface area contributed by atoms with Crippen LogP contribution in [0.25, 0.3) is 0 Å². The minimum atomic E-state index is -0.281. The van der Waals surface area contributed by atoms with Gasteiger partial charge in [-0.25, -0.2) is 9.37 Å². The van der Waals surface area contributed by atoms with Crippen molar-refractivity contribution in [1.82, 2.24) is 15.2 Å². The highest BCUT2D eigenvalue weighted by atomic mass is 19.1. The first-order valence-corrected chi connectivity index (χ1v) is 10.4. The number of rotatable bonds is 9. The van der Waals surface area contributed by atoms with Crippen LogP contribution in [0.5, 0.6) is 0 Å². The Hall–Kier alpha value is -3.77. The van der Waals surface area contributed by atoms with E-state index in [1.54, 1.807) is 12.1 Å². The fraction of sp³-hybridized carbons (Fsp3) is 0.154. The van der Waals surface area contributed by atoms with Crippen molar-refractivity contribution in [2.24, 2.45) is 0 Å². The summed E-state index contributed by atoms with van der Waals surface area (Å²) in [5.74, 6) is -0.0906. The molecule has 32 heavy (non-hydrogen) atoms. The third kappa shape index (κ3) is 6.12. The molecule has 4 aromatic rings. The lowest BCUT2D eigenvalue weighted by Gasteiger charge is -2.21. The van der Waals surface area contributed by atoms with E-state index in [1.807, 2.05) is 48.5 Å². The highest BCUT2D eigenvalue weighted by Gasteiger charge is 2.16. The van der Waals surface area contributed by atoms with Gasteiger partial charge >= 0.3 is 0 Å². The molecule has 1 amide bonds. The van der Waals surface area contributed by atoms with Crippen molar-refractivity contribution in [1.29, 1.82) is 0 Å². The summed E-state index contributed by atoms with van der Waals surface area (Å²) < 4.78 is 18.9. The van der Waals surface area contributed by atoms with E-state index >= 15 is 0 Å². The molecule has 0 fully saturated rings. The molecule has 0 atom stereocenters. The van der Waals surface area contributed by atoms with Gasteiger partial charge in [0.2, 0.25) is 5.89 Å². The van der Waals surface area contributed by atoms with Crippen LogP contribution in [0.4, 0.5) is 4.39 Å². The normalized spacial score (nSPS) is 10.9. The maximum atomic E-state index is 13.3. The number of halogens is 1. The molecule has 162 valence electrons. The van der Waals surface area contributed by atoms with E-state index in [0.717, 1.165) is 16.7 Å². The lowest BCUT2D eigenvalue weighted by atomic mass is 10.1. The maximum absolute atomic E-state index is 13.3. The van der Waals surface area contributed by atoms with Gasteiger partial charge in [0.05, 0.1) is 6.54 Å². The van der Waals surface area contributed by atoms with Gasteiger partial charge in [0, 0.05) is 19.6 Å². The van der Waals surface area contributed by atoms with Gasteiger partial charge in [-0.3, -0.25) is 9.69 Å². The van der Waals surface area contributed by atoms with Crippen LogP contribution in [-0.2, 0) is 26.2 Å². The predicted octanol–water partition coefficient (Wildman–Crippen LogP) is 4.95. The van der Waals surface area contributed by atoms with Crippen molar-refractivity contribution in [2.45, 2.75) is 26.2 Å². The molecule has 3 aromatic carbocycles. The topological polar surface area (TPSA) is 58.4 Å². The van der Waals surface area contributed by atoms with Crippen molar-refractivity contribution >= 4 is 5.91 Å². The zero-order valence-corrected chi connectivity index (χ0v) is 17.6. The van der Waals surface area contributed by atoms with Crippen LogP contribution in [0.3, 0.4) is 0 Å². The Morgan fingerprint density at radius 1 is 0.812 bits per heavy atom. The number of amides is 1. The van der Waals surface area contributed by atoms with Crippen molar-refractivity contribution in [3.63, 3.8) is 0 Å². The Labute approximate surface area is 186 Å². The number of carbonyl (C=O) groups excluding carboxylic acids is 1. The average molecular weight is 429 g/mol. The first kappa shape index (κ1) is 21.5. The Balaban J connectivity index is 1.42. The number of nitrogens with zero attached hydrogens (tertiary/aromatic N) is 2. The zero-order chi connectivity index (χ0) is 22.2. The molecule has 5 nitrogen and oxygen atoms in total. The molecule has 0 radical (unpaired) electrons. The minimum absolute atomic E-state index is 0.248. The number of aromatic nitrogens is 1. The highest BCUT2D eigenvalue weighted by Crippen LogP contribution is 2.15. The average Bonchev–Trinajstić information content (AvgIpc) is 3.29. The Morgan fingerprint density at radius 2 is 1.41 bits per heavy atom. The smallest absolute Gasteiger partial charge is 0.273 e. The summed E-state index contributed by atoms with van der Waals surface area (Å²) in [5, 5.41) is 2.86. The summed E-state index contributed by atoms with van der Waals surface area (Å²) in [6.45, 7) is 2.09. The summed E-state index contributed by atoms with van der Waals surface area (Å²) in [7, 11) is 0. The molecule has 4 rings (SSSR count). The quantitative estimate of drug-likeness (QED) is 0.409. The third-order valence-corrected chi connectivity index (χ3v) is 5.01. The lowest BCUT2D eigenvalue weighted by molar-refractivity contribution is 0.0945. The third-order valence-electron chi connectivity index (χ3n) is 5.01. The highest BCUT2D eigenvalue weighted by molar-refractivity contribution is 5.91. The van der Waals surface area contributed by atoms with Gasteiger partial charge in [-0.15, -0.1) is 0 Å². The van der Waals surface area contributed by atoms with Crippen LogP contribution < -0.4 is 5.32 Å². The standard InChI is InChI=1S/C26H24FN3O2/c27-23-13-11-22(12-14-23)17-30(16-21-9-5-2-6-10-21)18-25-29-24(19-32-25)26(31)28-15-20-7-3-1-4-8-20/h1-14,19H,15-18H2,(H,28,31).